The molecular formula is C15H20N2O2. The first-order valence-electron chi connectivity index (χ1n) is 6.13. The third-order valence-electron chi connectivity index (χ3n) is 2.61. The van der Waals surface area contributed by atoms with Gasteiger partial charge in [0.25, 0.3) is 0 Å². The summed E-state index contributed by atoms with van der Waals surface area (Å²) in [6.07, 6.45) is 2.61. The highest BCUT2D eigenvalue weighted by Crippen LogP contribution is 2.11. The van der Waals surface area contributed by atoms with Crippen LogP contribution in [0.4, 0.5) is 4.79 Å². The molecule has 0 saturated carbocycles. The molecular weight excluding hydrogens is 240 g/mol. The average molecular weight is 260 g/mol. The monoisotopic (exact) mass is 260 g/mol. The van der Waals surface area contributed by atoms with Gasteiger partial charge >= 0.3 is 6.09 Å². The molecule has 19 heavy (non-hydrogen) atoms. The van der Waals surface area contributed by atoms with Crippen LogP contribution in [0.5, 0.6) is 0 Å². The van der Waals surface area contributed by atoms with Crippen LogP contribution < -0.4 is 5.84 Å². The van der Waals surface area contributed by atoms with E-state index in [-0.39, 0.29) is 12.5 Å². The summed E-state index contributed by atoms with van der Waals surface area (Å²) in [7, 11) is 0. The summed E-state index contributed by atoms with van der Waals surface area (Å²) in [5, 5.41) is 0.944. The summed E-state index contributed by atoms with van der Waals surface area (Å²) in [6, 6.07) is 9.44. The van der Waals surface area contributed by atoms with Crippen LogP contribution in [0.15, 0.2) is 54.8 Å². The van der Waals surface area contributed by atoms with Crippen LogP contribution >= 0.6 is 0 Å². The van der Waals surface area contributed by atoms with Crippen molar-refractivity contribution in [2.24, 2.45) is 11.8 Å². The molecule has 1 rings (SSSR count). The van der Waals surface area contributed by atoms with Gasteiger partial charge in [-0.2, -0.15) is 0 Å². The largest absolute Gasteiger partial charge is 0.443 e. The predicted octanol–water partition coefficient (Wildman–Crippen LogP) is 3.22. The van der Waals surface area contributed by atoms with Gasteiger partial charge in [0.2, 0.25) is 0 Å². The summed E-state index contributed by atoms with van der Waals surface area (Å²) in [5.74, 6) is 5.87. The number of rotatable bonds is 5. The number of hydrazine groups is 1. The van der Waals surface area contributed by atoms with Gasteiger partial charge in [0.15, 0.2) is 0 Å². The lowest BCUT2D eigenvalue weighted by molar-refractivity contribution is 0.110. The SMILES string of the molecule is C=C/C(=C\N(N)C(=O)OCc1ccccc1)C(C)C. The number of carbonyl (C=O) groups excluding carboxylic acids is 1. The zero-order valence-electron chi connectivity index (χ0n) is 11.4. The van der Waals surface area contributed by atoms with E-state index in [2.05, 4.69) is 6.58 Å². The minimum Gasteiger partial charge on any atom is -0.443 e. The van der Waals surface area contributed by atoms with E-state index < -0.39 is 6.09 Å². The molecule has 2 N–H and O–H groups in total. The standard InChI is InChI=1S/C15H20N2O2/c1-4-14(12(2)3)10-17(16)15(18)19-11-13-8-6-5-7-9-13/h4-10,12H,1,11,16H2,2-3H3/b14-10+. The van der Waals surface area contributed by atoms with Crippen molar-refractivity contribution in [1.29, 1.82) is 0 Å². The number of ether oxygens (including phenoxy) is 1. The number of nitrogens with two attached hydrogens (primary N) is 1. The van der Waals surface area contributed by atoms with Crippen molar-refractivity contribution >= 4 is 6.09 Å². The van der Waals surface area contributed by atoms with E-state index in [9.17, 15) is 4.79 Å². The van der Waals surface area contributed by atoms with E-state index in [1.807, 2.05) is 44.2 Å². The van der Waals surface area contributed by atoms with Crippen molar-refractivity contribution in [2.45, 2.75) is 20.5 Å². The molecule has 0 aliphatic rings. The second-order valence-electron chi connectivity index (χ2n) is 4.44. The molecule has 102 valence electrons. The maximum atomic E-state index is 11.7. The molecule has 0 fully saturated rings. The Kier molecular flexibility index (Phi) is 5.82. The Balaban J connectivity index is 2.56. The molecule has 0 heterocycles. The summed E-state index contributed by atoms with van der Waals surface area (Å²) in [6.45, 7) is 7.88. The zero-order valence-corrected chi connectivity index (χ0v) is 11.4. The molecule has 0 aliphatic heterocycles. The van der Waals surface area contributed by atoms with Gasteiger partial charge in [-0.25, -0.2) is 15.6 Å². The maximum absolute atomic E-state index is 11.7. The summed E-state index contributed by atoms with van der Waals surface area (Å²) < 4.78 is 5.10. The van der Waals surface area contributed by atoms with Gasteiger partial charge < -0.3 is 4.74 Å². The summed E-state index contributed by atoms with van der Waals surface area (Å²) in [5.41, 5.74) is 1.79. The van der Waals surface area contributed by atoms with Crippen molar-refractivity contribution in [1.82, 2.24) is 5.01 Å². The molecule has 0 radical (unpaired) electrons. The van der Waals surface area contributed by atoms with Crippen LogP contribution in [0.3, 0.4) is 0 Å². The van der Waals surface area contributed by atoms with Gasteiger partial charge in [0.05, 0.1) is 0 Å². The van der Waals surface area contributed by atoms with Gasteiger partial charge in [-0.05, 0) is 17.1 Å². The van der Waals surface area contributed by atoms with E-state index in [4.69, 9.17) is 10.6 Å². The number of allylic oxidation sites excluding steroid dienone is 2. The molecule has 0 unspecified atom stereocenters. The molecule has 4 nitrogen and oxygen atoms in total. The average Bonchev–Trinajstić information content (AvgIpc) is 2.42. The quantitative estimate of drug-likeness (QED) is 0.383. The number of hydrogen-bond donors (Lipinski definition) is 1. The fraction of sp³-hybridized carbons (Fsp3) is 0.267. The lowest BCUT2D eigenvalue weighted by atomic mass is 10.1. The molecule has 0 atom stereocenters. The van der Waals surface area contributed by atoms with Gasteiger partial charge in [-0.15, -0.1) is 0 Å². The van der Waals surface area contributed by atoms with Gasteiger partial charge in [-0.1, -0.05) is 56.8 Å². The second-order valence-corrected chi connectivity index (χ2v) is 4.44. The highest BCUT2D eigenvalue weighted by Gasteiger charge is 2.10. The molecule has 4 heteroatoms. The Morgan fingerprint density at radius 1 is 1.42 bits per heavy atom. The predicted molar refractivity (Wildman–Crippen MR) is 75.8 cm³/mol. The van der Waals surface area contributed by atoms with Crippen LogP contribution in [0.25, 0.3) is 0 Å². The lowest BCUT2D eigenvalue weighted by Crippen LogP contribution is -2.33. The highest BCUT2D eigenvalue weighted by molar-refractivity contribution is 5.68. The van der Waals surface area contributed by atoms with Crippen molar-refractivity contribution in [3.63, 3.8) is 0 Å². The molecule has 1 aromatic carbocycles. The van der Waals surface area contributed by atoms with Crippen LogP contribution in [-0.2, 0) is 11.3 Å². The molecule has 0 saturated heterocycles. The fourth-order valence-corrected chi connectivity index (χ4v) is 1.44. The van der Waals surface area contributed by atoms with Gasteiger partial charge in [-0.3, -0.25) is 0 Å². The van der Waals surface area contributed by atoms with Crippen molar-refractivity contribution in [3.05, 3.63) is 60.3 Å². The van der Waals surface area contributed by atoms with E-state index in [0.717, 1.165) is 16.1 Å². The Labute approximate surface area is 114 Å². The number of carbonyl (C=O) groups is 1. The normalized spacial score (nSPS) is 11.3. The molecule has 1 aromatic rings. The number of hydrogen-bond acceptors (Lipinski definition) is 3. The van der Waals surface area contributed by atoms with Crippen LogP contribution in [0.2, 0.25) is 0 Å². The first-order chi connectivity index (χ1) is 9.04. The number of benzene rings is 1. The maximum Gasteiger partial charge on any atom is 0.428 e. The molecule has 0 aliphatic carbocycles. The first kappa shape index (κ1) is 15.0. The smallest absolute Gasteiger partial charge is 0.428 e. The molecule has 0 spiro atoms. The van der Waals surface area contributed by atoms with E-state index in [1.54, 1.807) is 6.08 Å². The van der Waals surface area contributed by atoms with Crippen molar-refractivity contribution < 1.29 is 9.53 Å². The summed E-state index contributed by atoms with van der Waals surface area (Å²) >= 11 is 0. The van der Waals surface area contributed by atoms with Crippen LogP contribution in [-0.4, -0.2) is 11.1 Å². The van der Waals surface area contributed by atoms with Gasteiger partial charge in [0, 0.05) is 6.20 Å². The Morgan fingerprint density at radius 2 is 2.05 bits per heavy atom. The van der Waals surface area contributed by atoms with Crippen LogP contribution in [0.1, 0.15) is 19.4 Å². The first-order valence-corrected chi connectivity index (χ1v) is 6.13. The minimum atomic E-state index is -0.594. The second kappa shape index (κ2) is 7.38. The Bertz CT molecular complexity index is 452. The third kappa shape index (κ3) is 4.97. The van der Waals surface area contributed by atoms with Crippen molar-refractivity contribution in [2.75, 3.05) is 0 Å². The Hall–Kier alpha value is -2.07. The lowest BCUT2D eigenvalue weighted by Gasteiger charge is -2.15. The zero-order chi connectivity index (χ0) is 14.3. The molecule has 0 bridgehead atoms. The minimum absolute atomic E-state index is 0.201. The molecule has 0 aromatic heterocycles. The van der Waals surface area contributed by atoms with E-state index in [1.165, 1.54) is 6.20 Å². The third-order valence-corrected chi connectivity index (χ3v) is 2.61. The van der Waals surface area contributed by atoms with Crippen LogP contribution in [0, 0.1) is 5.92 Å². The number of amides is 1. The summed E-state index contributed by atoms with van der Waals surface area (Å²) in [4.78, 5) is 11.7. The van der Waals surface area contributed by atoms with Crippen molar-refractivity contribution in [3.8, 4) is 0 Å². The Morgan fingerprint density at radius 3 is 2.58 bits per heavy atom. The molecule has 1 amide bonds. The fourth-order valence-electron chi connectivity index (χ4n) is 1.44. The topological polar surface area (TPSA) is 55.6 Å². The number of nitrogens with zero attached hydrogens (tertiary/aromatic N) is 1. The van der Waals surface area contributed by atoms with E-state index in [0.29, 0.717) is 0 Å². The van der Waals surface area contributed by atoms with Gasteiger partial charge in [0.1, 0.15) is 6.61 Å². The van der Waals surface area contributed by atoms with E-state index >= 15 is 0 Å². The highest BCUT2D eigenvalue weighted by atomic mass is 16.6.